The van der Waals surface area contributed by atoms with Crippen LogP contribution in [-0.2, 0) is 17.3 Å². The van der Waals surface area contributed by atoms with Crippen molar-refractivity contribution in [3.05, 3.63) is 70.0 Å². The smallest absolute Gasteiger partial charge is 0.329 e. The molecule has 1 aliphatic heterocycles. The Kier molecular flexibility index (Phi) is 5.84. The van der Waals surface area contributed by atoms with Gasteiger partial charge >= 0.3 is 12.1 Å². The van der Waals surface area contributed by atoms with Gasteiger partial charge in [0.1, 0.15) is 11.6 Å². The molecule has 3 heterocycles. The first-order valence-electron chi connectivity index (χ1n) is 10.5. The number of nitrogens with zero attached hydrogens (tertiary/aromatic N) is 4. The Morgan fingerprint density at radius 2 is 1.82 bits per heavy atom. The normalized spacial score (nSPS) is 18.7. The molecule has 0 bridgehead atoms. The van der Waals surface area contributed by atoms with Gasteiger partial charge in [-0.1, -0.05) is 6.07 Å². The van der Waals surface area contributed by atoms with E-state index in [4.69, 9.17) is 4.42 Å². The molecule has 1 saturated heterocycles. The SMILES string of the molecule is O=c1n(Cc2ccc(-c3nnc(C(F)F)o3)cc2F)c2cc(F)ccc2n1C1CCS(=O)CC1. The zero-order chi connectivity index (χ0) is 24.0. The summed E-state index contributed by atoms with van der Waals surface area (Å²) in [6.45, 7) is -0.178. The monoisotopic (exact) mass is 494 g/mol. The summed E-state index contributed by atoms with van der Waals surface area (Å²) >= 11 is 0. The fraction of sp³-hybridized carbons (Fsp3) is 0.318. The van der Waals surface area contributed by atoms with Crippen LogP contribution in [-0.4, -0.2) is 35.0 Å². The van der Waals surface area contributed by atoms with Crippen LogP contribution in [0.25, 0.3) is 22.5 Å². The van der Waals surface area contributed by atoms with E-state index in [2.05, 4.69) is 10.2 Å². The molecular formula is C22H18F4N4O3S. The van der Waals surface area contributed by atoms with Crippen LogP contribution in [0.2, 0.25) is 0 Å². The second-order valence-corrected chi connectivity index (χ2v) is 9.70. The van der Waals surface area contributed by atoms with Crippen LogP contribution in [0.5, 0.6) is 0 Å². The molecule has 7 nitrogen and oxygen atoms in total. The molecule has 0 N–H and O–H groups in total. The van der Waals surface area contributed by atoms with Crippen molar-refractivity contribution < 1.29 is 26.2 Å². The quantitative estimate of drug-likeness (QED) is 0.389. The lowest BCUT2D eigenvalue weighted by molar-refractivity contribution is 0.116. The van der Waals surface area contributed by atoms with Crippen LogP contribution >= 0.6 is 0 Å². The van der Waals surface area contributed by atoms with Gasteiger partial charge < -0.3 is 4.42 Å². The van der Waals surface area contributed by atoms with Crippen molar-refractivity contribution in [3.63, 3.8) is 0 Å². The maximum atomic E-state index is 14.9. The van der Waals surface area contributed by atoms with Gasteiger partial charge in [-0.25, -0.2) is 13.6 Å². The standard InChI is InChI=1S/C22H18F4N4O3S/c23-14-3-4-17-18(10-14)29(22(31)30(17)15-5-7-34(32)8-6-15)11-13-2-1-12(9-16(13)24)20-27-28-21(33-20)19(25)26/h1-4,9-10,15,19H,5-8,11H2. The van der Waals surface area contributed by atoms with Crippen LogP contribution in [0.1, 0.15) is 36.8 Å². The second-order valence-electron chi connectivity index (χ2n) is 8.00. The summed E-state index contributed by atoms with van der Waals surface area (Å²) in [5.41, 5.74) is 0.662. The predicted octanol–water partition coefficient (Wildman–Crippen LogP) is 4.20. The molecule has 0 atom stereocenters. The number of alkyl halides is 2. The average molecular weight is 494 g/mol. The molecule has 0 spiro atoms. The molecule has 0 radical (unpaired) electrons. The van der Waals surface area contributed by atoms with E-state index in [1.165, 1.54) is 34.9 Å². The lowest BCUT2D eigenvalue weighted by Crippen LogP contribution is -2.31. The van der Waals surface area contributed by atoms with Gasteiger partial charge in [0.15, 0.2) is 0 Å². The zero-order valence-corrected chi connectivity index (χ0v) is 18.4. The summed E-state index contributed by atoms with van der Waals surface area (Å²) in [6, 6.07) is 7.68. The third-order valence-corrected chi connectivity index (χ3v) is 7.29. The van der Waals surface area contributed by atoms with E-state index in [-0.39, 0.29) is 29.6 Å². The minimum Gasteiger partial charge on any atom is -0.415 e. The lowest BCUT2D eigenvalue weighted by Gasteiger charge is -2.22. The molecule has 0 unspecified atom stereocenters. The number of benzene rings is 2. The van der Waals surface area contributed by atoms with Crippen LogP contribution in [0.15, 0.2) is 45.6 Å². The third-order valence-electron chi connectivity index (χ3n) is 5.90. The number of fused-ring (bicyclic) bond motifs is 1. The van der Waals surface area contributed by atoms with Gasteiger partial charge in [-0.15, -0.1) is 10.2 Å². The molecule has 1 aliphatic rings. The van der Waals surface area contributed by atoms with Gasteiger partial charge in [0.2, 0.25) is 5.89 Å². The third kappa shape index (κ3) is 4.06. The van der Waals surface area contributed by atoms with Crippen molar-refractivity contribution in [2.45, 2.75) is 31.9 Å². The van der Waals surface area contributed by atoms with E-state index in [9.17, 15) is 26.6 Å². The second kappa shape index (κ2) is 8.82. The van der Waals surface area contributed by atoms with E-state index < -0.39 is 40.4 Å². The fourth-order valence-electron chi connectivity index (χ4n) is 4.22. The summed E-state index contributed by atoms with van der Waals surface area (Å²) in [4.78, 5) is 13.4. The van der Waals surface area contributed by atoms with Gasteiger partial charge in [-0.05, 0) is 43.2 Å². The average Bonchev–Trinajstić information content (AvgIpc) is 3.40. The summed E-state index contributed by atoms with van der Waals surface area (Å²) in [7, 11) is -0.916. The number of halogens is 4. The molecule has 178 valence electrons. The van der Waals surface area contributed by atoms with Crippen molar-refractivity contribution in [1.29, 1.82) is 0 Å². The van der Waals surface area contributed by atoms with Crippen molar-refractivity contribution >= 4 is 21.8 Å². The van der Waals surface area contributed by atoms with Crippen molar-refractivity contribution in [2.24, 2.45) is 0 Å². The van der Waals surface area contributed by atoms with Crippen LogP contribution in [0.3, 0.4) is 0 Å². The molecule has 2 aromatic carbocycles. The highest BCUT2D eigenvalue weighted by molar-refractivity contribution is 7.85. The Bertz CT molecular complexity index is 1450. The number of aromatic nitrogens is 4. The topological polar surface area (TPSA) is 82.9 Å². The predicted molar refractivity (Wildman–Crippen MR) is 116 cm³/mol. The van der Waals surface area contributed by atoms with E-state index in [0.717, 1.165) is 6.07 Å². The van der Waals surface area contributed by atoms with E-state index in [0.29, 0.717) is 35.4 Å². The lowest BCUT2D eigenvalue weighted by atomic mass is 10.1. The minimum atomic E-state index is -2.95. The highest BCUT2D eigenvalue weighted by Gasteiger charge is 2.25. The van der Waals surface area contributed by atoms with Gasteiger partial charge in [0.25, 0.3) is 5.89 Å². The van der Waals surface area contributed by atoms with Crippen molar-refractivity contribution in [1.82, 2.24) is 19.3 Å². The Morgan fingerprint density at radius 3 is 2.50 bits per heavy atom. The van der Waals surface area contributed by atoms with E-state index in [1.54, 1.807) is 4.57 Å². The molecular weight excluding hydrogens is 476 g/mol. The van der Waals surface area contributed by atoms with Crippen molar-refractivity contribution in [3.8, 4) is 11.5 Å². The number of hydrogen-bond donors (Lipinski definition) is 0. The maximum Gasteiger partial charge on any atom is 0.329 e. The number of rotatable bonds is 5. The molecule has 1 fully saturated rings. The van der Waals surface area contributed by atoms with Crippen molar-refractivity contribution in [2.75, 3.05) is 11.5 Å². The minimum absolute atomic E-state index is 0.108. The first-order chi connectivity index (χ1) is 16.3. The molecule has 0 saturated carbocycles. The van der Waals surface area contributed by atoms with Gasteiger partial charge in [-0.2, -0.15) is 8.78 Å². The van der Waals surface area contributed by atoms with Crippen LogP contribution in [0, 0.1) is 11.6 Å². The van der Waals surface area contributed by atoms with Crippen LogP contribution in [0.4, 0.5) is 17.6 Å². The zero-order valence-electron chi connectivity index (χ0n) is 17.6. The van der Waals surface area contributed by atoms with Gasteiger partial charge in [0, 0.05) is 39.5 Å². The number of hydrogen-bond acceptors (Lipinski definition) is 5. The Labute approximate surface area is 192 Å². The maximum absolute atomic E-state index is 14.9. The Hall–Kier alpha value is -3.28. The highest BCUT2D eigenvalue weighted by Crippen LogP contribution is 2.28. The Morgan fingerprint density at radius 1 is 1.06 bits per heavy atom. The summed E-state index contributed by atoms with van der Waals surface area (Å²) in [5.74, 6) is -1.43. The molecule has 34 heavy (non-hydrogen) atoms. The van der Waals surface area contributed by atoms with E-state index >= 15 is 0 Å². The molecule has 4 aromatic rings. The number of imidazole rings is 1. The van der Waals surface area contributed by atoms with Gasteiger partial charge in [0.05, 0.1) is 17.6 Å². The Balaban J connectivity index is 1.52. The fourth-order valence-corrected chi connectivity index (χ4v) is 5.49. The molecule has 2 aromatic heterocycles. The summed E-state index contributed by atoms with van der Waals surface area (Å²) in [6.07, 6.45) is -1.84. The largest absolute Gasteiger partial charge is 0.415 e. The highest BCUT2D eigenvalue weighted by atomic mass is 32.2. The first kappa shape index (κ1) is 22.5. The van der Waals surface area contributed by atoms with Crippen LogP contribution < -0.4 is 5.69 Å². The van der Waals surface area contributed by atoms with Gasteiger partial charge in [-0.3, -0.25) is 13.3 Å². The summed E-state index contributed by atoms with van der Waals surface area (Å²) in [5, 5.41) is 6.73. The first-order valence-corrected chi connectivity index (χ1v) is 12.0. The van der Waals surface area contributed by atoms with E-state index in [1.807, 2.05) is 0 Å². The summed E-state index contributed by atoms with van der Waals surface area (Å²) < 4.78 is 73.8. The molecule has 12 heteroatoms. The molecule has 0 aliphatic carbocycles. The molecule has 0 amide bonds. The molecule has 5 rings (SSSR count).